The molecule has 2 aliphatic rings. The average Bonchev–Trinajstić information content (AvgIpc) is 2.99. The predicted molar refractivity (Wildman–Crippen MR) is 80.1 cm³/mol. The number of hydrogen-bond donors (Lipinski definition) is 2. The normalized spacial score (nSPS) is 29.7. The SMILES string of the molecule is O[C@]1(CN[C@@H]2CCc3c(F)ccc(Br)c32)CCSC1. The topological polar surface area (TPSA) is 32.3 Å². The maximum atomic E-state index is 13.8. The molecule has 1 aliphatic carbocycles. The lowest BCUT2D eigenvalue weighted by atomic mass is 10.0. The van der Waals surface area contributed by atoms with E-state index < -0.39 is 5.60 Å². The van der Waals surface area contributed by atoms with Crippen LogP contribution in [-0.2, 0) is 6.42 Å². The van der Waals surface area contributed by atoms with Gasteiger partial charge in [0.15, 0.2) is 0 Å². The first-order valence-electron chi connectivity index (χ1n) is 6.59. The summed E-state index contributed by atoms with van der Waals surface area (Å²) in [6.45, 7) is 0.590. The minimum atomic E-state index is -0.590. The van der Waals surface area contributed by atoms with Crippen LogP contribution in [0.1, 0.15) is 30.0 Å². The fourth-order valence-corrected chi connectivity index (χ4v) is 4.87. The molecule has 1 saturated heterocycles. The van der Waals surface area contributed by atoms with Crippen LogP contribution in [0.2, 0.25) is 0 Å². The van der Waals surface area contributed by atoms with Crippen molar-refractivity contribution >= 4 is 27.7 Å². The molecule has 0 unspecified atom stereocenters. The summed E-state index contributed by atoms with van der Waals surface area (Å²) in [6.07, 6.45) is 2.51. The third kappa shape index (κ3) is 2.71. The zero-order valence-corrected chi connectivity index (χ0v) is 13.0. The summed E-state index contributed by atoms with van der Waals surface area (Å²) in [5.74, 6) is 1.71. The Morgan fingerprint density at radius 3 is 3.11 bits per heavy atom. The zero-order valence-electron chi connectivity index (χ0n) is 10.6. The highest BCUT2D eigenvalue weighted by molar-refractivity contribution is 9.10. The van der Waals surface area contributed by atoms with Gasteiger partial charge in [0.1, 0.15) is 5.82 Å². The van der Waals surface area contributed by atoms with Gasteiger partial charge < -0.3 is 10.4 Å². The van der Waals surface area contributed by atoms with Gasteiger partial charge in [-0.3, -0.25) is 0 Å². The molecule has 19 heavy (non-hydrogen) atoms. The monoisotopic (exact) mass is 345 g/mol. The number of nitrogens with one attached hydrogen (secondary N) is 1. The van der Waals surface area contributed by atoms with Gasteiger partial charge in [-0.15, -0.1) is 0 Å². The van der Waals surface area contributed by atoms with Gasteiger partial charge in [0.2, 0.25) is 0 Å². The summed E-state index contributed by atoms with van der Waals surface area (Å²) in [4.78, 5) is 0. The van der Waals surface area contributed by atoms with Crippen LogP contribution in [0.25, 0.3) is 0 Å². The number of fused-ring (bicyclic) bond motifs is 1. The van der Waals surface area contributed by atoms with Crippen molar-refractivity contribution in [1.82, 2.24) is 5.32 Å². The standard InChI is InChI=1S/C14H17BrFNOS/c15-10-2-3-11(16)9-1-4-12(13(9)10)17-7-14(18)5-6-19-8-14/h2-3,12,17-18H,1,4-8H2/t12-,14+/m1/s1. The Labute approximate surface area is 125 Å². The fraction of sp³-hybridized carbons (Fsp3) is 0.571. The summed E-state index contributed by atoms with van der Waals surface area (Å²) >= 11 is 5.31. The van der Waals surface area contributed by atoms with Crippen molar-refractivity contribution in [1.29, 1.82) is 0 Å². The molecule has 0 spiro atoms. The van der Waals surface area contributed by atoms with Crippen LogP contribution in [-0.4, -0.2) is 28.8 Å². The van der Waals surface area contributed by atoms with Crippen molar-refractivity contribution in [3.63, 3.8) is 0 Å². The molecule has 5 heteroatoms. The van der Waals surface area contributed by atoms with Crippen LogP contribution in [0.15, 0.2) is 16.6 Å². The predicted octanol–water partition coefficient (Wildman–Crippen LogP) is 3.03. The van der Waals surface area contributed by atoms with Crippen molar-refractivity contribution < 1.29 is 9.50 Å². The Bertz CT molecular complexity index is 491. The average molecular weight is 346 g/mol. The van der Waals surface area contributed by atoms with E-state index in [1.807, 2.05) is 0 Å². The number of aliphatic hydroxyl groups is 1. The number of rotatable bonds is 3. The Morgan fingerprint density at radius 2 is 2.37 bits per heavy atom. The Balaban J connectivity index is 1.74. The molecule has 2 atom stereocenters. The van der Waals surface area contributed by atoms with Gasteiger partial charge in [0.05, 0.1) is 5.60 Å². The van der Waals surface area contributed by atoms with Gasteiger partial charge in [0, 0.05) is 22.8 Å². The summed E-state index contributed by atoms with van der Waals surface area (Å²) in [5, 5.41) is 13.8. The lowest BCUT2D eigenvalue weighted by Gasteiger charge is -2.25. The summed E-state index contributed by atoms with van der Waals surface area (Å²) < 4.78 is 14.7. The van der Waals surface area contributed by atoms with Gasteiger partial charge in [-0.05, 0) is 48.3 Å². The molecule has 0 aromatic heterocycles. The van der Waals surface area contributed by atoms with E-state index in [2.05, 4.69) is 21.2 Å². The summed E-state index contributed by atoms with van der Waals surface area (Å²) in [6, 6.07) is 3.44. The highest BCUT2D eigenvalue weighted by atomic mass is 79.9. The first-order chi connectivity index (χ1) is 9.09. The molecule has 1 fully saturated rings. The third-order valence-electron chi connectivity index (χ3n) is 4.04. The molecular weight excluding hydrogens is 329 g/mol. The van der Waals surface area contributed by atoms with E-state index in [4.69, 9.17) is 0 Å². The van der Waals surface area contributed by atoms with E-state index in [-0.39, 0.29) is 11.9 Å². The summed E-state index contributed by atoms with van der Waals surface area (Å²) in [5.41, 5.74) is 1.27. The first-order valence-corrected chi connectivity index (χ1v) is 8.54. The largest absolute Gasteiger partial charge is 0.388 e. The molecule has 3 rings (SSSR count). The van der Waals surface area contributed by atoms with E-state index in [0.29, 0.717) is 6.54 Å². The van der Waals surface area contributed by atoms with Crippen molar-refractivity contribution in [2.45, 2.75) is 30.9 Å². The van der Waals surface area contributed by atoms with Crippen molar-refractivity contribution in [2.75, 3.05) is 18.1 Å². The molecule has 0 saturated carbocycles. The molecule has 1 aliphatic heterocycles. The number of hydrogen-bond acceptors (Lipinski definition) is 3. The van der Waals surface area contributed by atoms with Crippen molar-refractivity contribution in [2.24, 2.45) is 0 Å². The number of halogens is 2. The van der Waals surface area contributed by atoms with E-state index >= 15 is 0 Å². The van der Waals surface area contributed by atoms with Crippen LogP contribution >= 0.6 is 27.7 Å². The number of benzene rings is 1. The minimum Gasteiger partial charge on any atom is -0.388 e. The molecule has 0 amide bonds. The smallest absolute Gasteiger partial charge is 0.126 e. The molecule has 2 nitrogen and oxygen atoms in total. The van der Waals surface area contributed by atoms with E-state index in [9.17, 15) is 9.50 Å². The fourth-order valence-electron chi connectivity index (χ4n) is 2.93. The third-order valence-corrected chi connectivity index (χ3v) is 5.96. The van der Waals surface area contributed by atoms with E-state index in [0.717, 1.165) is 46.4 Å². The molecule has 0 bridgehead atoms. The minimum absolute atomic E-state index is 0.113. The Morgan fingerprint density at radius 1 is 1.53 bits per heavy atom. The second-order valence-corrected chi connectivity index (χ2v) is 7.38. The second kappa shape index (κ2) is 5.35. The van der Waals surface area contributed by atoms with Gasteiger partial charge >= 0.3 is 0 Å². The van der Waals surface area contributed by atoms with Crippen molar-refractivity contribution in [3.05, 3.63) is 33.5 Å². The highest BCUT2D eigenvalue weighted by Crippen LogP contribution is 2.38. The van der Waals surface area contributed by atoms with E-state index in [1.54, 1.807) is 17.8 Å². The van der Waals surface area contributed by atoms with Crippen LogP contribution in [0.5, 0.6) is 0 Å². The Hall–Kier alpha value is -0.100. The van der Waals surface area contributed by atoms with Crippen LogP contribution in [0.4, 0.5) is 4.39 Å². The van der Waals surface area contributed by atoms with Gasteiger partial charge in [0.25, 0.3) is 0 Å². The molecule has 104 valence electrons. The second-order valence-electron chi connectivity index (χ2n) is 5.42. The quantitative estimate of drug-likeness (QED) is 0.883. The molecule has 0 radical (unpaired) electrons. The molecule has 2 N–H and O–H groups in total. The van der Waals surface area contributed by atoms with Crippen molar-refractivity contribution in [3.8, 4) is 0 Å². The Kier molecular flexibility index (Phi) is 3.91. The maximum Gasteiger partial charge on any atom is 0.126 e. The molecular formula is C14H17BrFNOS. The summed E-state index contributed by atoms with van der Waals surface area (Å²) in [7, 11) is 0. The van der Waals surface area contributed by atoms with Crippen LogP contribution in [0, 0.1) is 5.82 Å². The van der Waals surface area contributed by atoms with Crippen LogP contribution in [0.3, 0.4) is 0 Å². The van der Waals surface area contributed by atoms with Crippen LogP contribution < -0.4 is 5.32 Å². The molecule has 1 aromatic carbocycles. The lowest BCUT2D eigenvalue weighted by Crippen LogP contribution is -2.41. The molecule has 1 aromatic rings. The first kappa shape index (κ1) is 13.9. The molecule has 1 heterocycles. The number of thioether (sulfide) groups is 1. The van der Waals surface area contributed by atoms with Gasteiger partial charge in [-0.25, -0.2) is 4.39 Å². The highest BCUT2D eigenvalue weighted by Gasteiger charge is 2.34. The van der Waals surface area contributed by atoms with Gasteiger partial charge in [-0.2, -0.15) is 11.8 Å². The van der Waals surface area contributed by atoms with Gasteiger partial charge in [-0.1, -0.05) is 15.9 Å². The van der Waals surface area contributed by atoms with E-state index in [1.165, 1.54) is 6.07 Å². The zero-order chi connectivity index (χ0) is 13.5. The maximum absolute atomic E-state index is 13.8. The lowest BCUT2D eigenvalue weighted by molar-refractivity contribution is 0.0645.